The first-order valence-corrected chi connectivity index (χ1v) is 5.33. The van der Waals surface area contributed by atoms with E-state index in [2.05, 4.69) is 0 Å². The normalized spacial score (nSPS) is 7.53. The molecule has 0 saturated carbocycles. The Labute approximate surface area is 114 Å². The third kappa shape index (κ3) is 10.7. The van der Waals surface area contributed by atoms with Crippen LogP contribution >= 0.6 is 0 Å². The Morgan fingerprint density at radius 1 is 0.412 bits per heavy atom. The topological polar surface area (TPSA) is 0 Å². The molecule has 0 nitrogen and oxygen atoms in total. The molecule has 0 saturated heterocycles. The molecule has 94 valence electrons. The molecule has 0 heterocycles. The van der Waals surface area contributed by atoms with Gasteiger partial charge in [-0.2, -0.15) is 18.2 Å². The third-order valence-electron chi connectivity index (χ3n) is 1.78. The van der Waals surface area contributed by atoms with Crippen LogP contribution in [0.2, 0.25) is 0 Å². The van der Waals surface area contributed by atoms with Crippen molar-refractivity contribution >= 4 is 0 Å². The van der Waals surface area contributed by atoms with Crippen LogP contribution in [0.3, 0.4) is 0 Å². The first-order chi connectivity index (χ1) is 8.00. The Morgan fingerprint density at radius 2 is 0.706 bits per heavy atom. The standard InChI is InChI=1S/C6H6.2C5H5.Fe/c1-2-4-6-5-3-1;2*1-2-4-5-3-1;/h1-6H;2*1-5H;/q;-5;-1;. The van der Waals surface area contributed by atoms with Crippen molar-refractivity contribution in [3.8, 4) is 0 Å². The van der Waals surface area contributed by atoms with Crippen LogP contribution in [0.1, 0.15) is 0 Å². The summed E-state index contributed by atoms with van der Waals surface area (Å²) >= 11 is 0. The minimum atomic E-state index is 0. The summed E-state index contributed by atoms with van der Waals surface area (Å²) in [6, 6.07) is 32.0. The van der Waals surface area contributed by atoms with Crippen molar-refractivity contribution < 1.29 is 17.1 Å². The van der Waals surface area contributed by atoms with Gasteiger partial charge in [-0.15, -0.1) is 0 Å². The van der Waals surface area contributed by atoms with Crippen LogP contribution in [-0.4, -0.2) is 0 Å². The Hall–Kier alpha value is -1.56. The monoisotopic (exact) mass is 264 g/mol. The molecule has 3 aromatic carbocycles. The number of benzene rings is 1. The van der Waals surface area contributed by atoms with E-state index < -0.39 is 0 Å². The maximum absolute atomic E-state index is 2.00. The Morgan fingerprint density at radius 3 is 0.882 bits per heavy atom. The maximum Gasteiger partial charge on any atom is 0 e. The first kappa shape index (κ1) is 15.4. The Balaban J connectivity index is 0.000000221. The van der Waals surface area contributed by atoms with E-state index >= 15 is 0 Å². The summed E-state index contributed by atoms with van der Waals surface area (Å²) in [4.78, 5) is 0. The number of hydrogen-bond donors (Lipinski definition) is 0. The summed E-state index contributed by atoms with van der Waals surface area (Å²) in [6.07, 6.45) is 0. The van der Waals surface area contributed by atoms with Gasteiger partial charge in [0.1, 0.15) is 0 Å². The first-order valence-electron chi connectivity index (χ1n) is 5.33. The average molecular weight is 264 g/mol. The SMILES string of the molecule is [Fe].[cH-]1[cH-][cH-][cH-][cH-]1.c1cc[cH-]c1.c1ccccc1. The zero-order valence-corrected chi connectivity index (χ0v) is 10.7. The molecule has 0 bridgehead atoms. The van der Waals surface area contributed by atoms with Gasteiger partial charge in [0, 0.05) is 17.1 Å². The molecule has 0 N–H and O–H groups in total. The van der Waals surface area contributed by atoms with E-state index in [1.807, 2.05) is 97.1 Å². The van der Waals surface area contributed by atoms with Crippen molar-refractivity contribution in [1.82, 2.24) is 0 Å². The summed E-state index contributed by atoms with van der Waals surface area (Å²) in [5.74, 6) is 0. The quantitative estimate of drug-likeness (QED) is 0.414. The predicted octanol–water partition coefficient (Wildman–Crippen LogP) is 4.50. The summed E-state index contributed by atoms with van der Waals surface area (Å²) in [5.41, 5.74) is 0. The van der Waals surface area contributed by atoms with Crippen LogP contribution in [0.15, 0.2) is 97.1 Å². The van der Waals surface area contributed by atoms with Crippen molar-refractivity contribution in [1.29, 1.82) is 0 Å². The van der Waals surface area contributed by atoms with Crippen molar-refractivity contribution in [3.63, 3.8) is 0 Å². The largest absolute Gasteiger partial charge is 0.748 e. The van der Waals surface area contributed by atoms with Crippen molar-refractivity contribution in [2.24, 2.45) is 0 Å². The fraction of sp³-hybridized carbons (Fsp3) is 0. The molecule has 0 aromatic heterocycles. The fourth-order valence-electron chi connectivity index (χ4n) is 1.03. The molecule has 0 unspecified atom stereocenters. The van der Waals surface area contributed by atoms with Gasteiger partial charge in [0.05, 0.1) is 0 Å². The van der Waals surface area contributed by atoms with Gasteiger partial charge < -0.3 is 30.3 Å². The van der Waals surface area contributed by atoms with Crippen LogP contribution < -0.4 is 0 Å². The summed E-state index contributed by atoms with van der Waals surface area (Å²) in [7, 11) is 0. The van der Waals surface area contributed by atoms with E-state index in [4.69, 9.17) is 0 Å². The van der Waals surface area contributed by atoms with Gasteiger partial charge in [0.15, 0.2) is 0 Å². The molecule has 3 rings (SSSR count). The van der Waals surface area contributed by atoms with Gasteiger partial charge in [-0.05, 0) is 0 Å². The molecule has 0 radical (unpaired) electrons. The maximum atomic E-state index is 2.00. The predicted molar refractivity (Wildman–Crippen MR) is 70.5 cm³/mol. The number of hydrogen-bond acceptors (Lipinski definition) is 0. The zero-order valence-electron chi connectivity index (χ0n) is 9.59. The van der Waals surface area contributed by atoms with Crippen LogP contribution in [0.25, 0.3) is 0 Å². The molecule has 0 atom stereocenters. The Bertz CT molecular complexity index is 297. The second-order valence-electron chi connectivity index (χ2n) is 3.08. The van der Waals surface area contributed by atoms with E-state index in [0.29, 0.717) is 0 Å². The van der Waals surface area contributed by atoms with Gasteiger partial charge in [0.2, 0.25) is 0 Å². The van der Waals surface area contributed by atoms with Crippen LogP contribution in [0, 0.1) is 0 Å². The second-order valence-corrected chi connectivity index (χ2v) is 3.08. The molecule has 0 aliphatic carbocycles. The summed E-state index contributed by atoms with van der Waals surface area (Å²) < 4.78 is 0. The summed E-state index contributed by atoms with van der Waals surface area (Å²) in [5, 5.41) is 0. The van der Waals surface area contributed by atoms with E-state index in [9.17, 15) is 0 Å². The van der Waals surface area contributed by atoms with E-state index in [1.54, 1.807) is 0 Å². The van der Waals surface area contributed by atoms with E-state index in [0.717, 1.165) is 0 Å². The minimum Gasteiger partial charge on any atom is -0.748 e. The van der Waals surface area contributed by atoms with Gasteiger partial charge >= 0.3 is 0 Å². The summed E-state index contributed by atoms with van der Waals surface area (Å²) in [6.45, 7) is 0. The van der Waals surface area contributed by atoms with Gasteiger partial charge in [-0.1, -0.05) is 36.4 Å². The zero-order chi connectivity index (χ0) is 11.3. The van der Waals surface area contributed by atoms with Crippen molar-refractivity contribution in [2.75, 3.05) is 0 Å². The minimum absolute atomic E-state index is 0. The molecule has 3 aromatic rings. The average Bonchev–Trinajstić information content (AvgIpc) is 3.10. The van der Waals surface area contributed by atoms with Crippen molar-refractivity contribution in [3.05, 3.63) is 97.1 Å². The molecule has 17 heavy (non-hydrogen) atoms. The Kier molecular flexibility index (Phi) is 11.4. The smallest absolute Gasteiger partial charge is 0 e. The van der Waals surface area contributed by atoms with Gasteiger partial charge in [0.25, 0.3) is 0 Å². The van der Waals surface area contributed by atoms with Crippen LogP contribution in [0.5, 0.6) is 0 Å². The van der Waals surface area contributed by atoms with Crippen LogP contribution in [0.4, 0.5) is 0 Å². The molecule has 0 amide bonds. The molecule has 1 heteroatoms. The van der Waals surface area contributed by atoms with Crippen LogP contribution in [-0.2, 0) is 17.1 Å². The van der Waals surface area contributed by atoms with Crippen molar-refractivity contribution in [2.45, 2.75) is 0 Å². The molecule has 0 aliphatic heterocycles. The molecule has 0 spiro atoms. The molecule has 0 fully saturated rings. The van der Waals surface area contributed by atoms with E-state index in [1.165, 1.54) is 0 Å². The van der Waals surface area contributed by atoms with E-state index in [-0.39, 0.29) is 17.1 Å². The fourth-order valence-corrected chi connectivity index (χ4v) is 1.03. The van der Waals surface area contributed by atoms with Gasteiger partial charge in [-0.3, -0.25) is 0 Å². The molecule has 0 aliphatic rings. The third-order valence-corrected chi connectivity index (χ3v) is 1.78. The molecular formula is C16H16Fe-6. The second kappa shape index (κ2) is 12.5. The molecular weight excluding hydrogens is 248 g/mol. The van der Waals surface area contributed by atoms with Gasteiger partial charge in [-0.25, -0.2) is 12.1 Å². The number of rotatable bonds is 0.